The summed E-state index contributed by atoms with van der Waals surface area (Å²) in [5.41, 5.74) is -0.559. The van der Waals surface area contributed by atoms with Gasteiger partial charge in [0, 0.05) is 14.1 Å². The Balaban J connectivity index is 1.70. The number of hydrogen-bond donors (Lipinski definition) is 0. The van der Waals surface area contributed by atoms with E-state index in [0.29, 0.717) is 23.4 Å². The van der Waals surface area contributed by atoms with Gasteiger partial charge in [-0.1, -0.05) is 6.92 Å². The number of aromatic nitrogens is 3. The number of nitriles is 1. The molecule has 2 aromatic rings. The molecule has 0 amide bonds. The molecule has 0 aromatic carbocycles. The highest BCUT2D eigenvalue weighted by molar-refractivity contribution is 5.71. The topological polar surface area (TPSA) is 133 Å². The van der Waals surface area contributed by atoms with Gasteiger partial charge in [-0.2, -0.15) is 10.4 Å². The molecule has 0 spiro atoms. The van der Waals surface area contributed by atoms with Crippen LogP contribution in [-0.2, 0) is 29.3 Å². The summed E-state index contributed by atoms with van der Waals surface area (Å²) in [6.07, 6.45) is 0.626. The molecule has 12 nitrogen and oxygen atoms in total. The lowest BCUT2D eigenvalue weighted by atomic mass is 9.92. The highest BCUT2D eigenvalue weighted by Gasteiger charge is 2.65. The molecule has 12 heteroatoms. The normalized spacial score (nSPS) is 27.6. The largest absolute Gasteiger partial charge is 0.508 e. The first-order valence-corrected chi connectivity index (χ1v) is 11.0. The molecular formula is C22H28N6O6. The first kappa shape index (κ1) is 23.9. The highest BCUT2D eigenvalue weighted by atomic mass is 16.8. The molecule has 2 aliphatic heterocycles. The fourth-order valence-corrected chi connectivity index (χ4v) is 4.08. The standard InChI is InChI=1S/C22H28N6O6/c1-6-9-30-20(29)31-10-15-17-18(34-21(2,3)33-17)22(11-23,32-15)16-8-7-14-19(25-13-27(4)5)24-12-26-28(14)16/h7-8,12-13,15,17-18H,6,9-10H2,1-5H3/b25-13-/t15-,17-,18-,22+/m1/s1. The van der Waals surface area contributed by atoms with Crippen LogP contribution in [0.25, 0.3) is 5.52 Å². The van der Waals surface area contributed by atoms with Crippen molar-refractivity contribution in [1.29, 1.82) is 5.26 Å². The second-order valence-electron chi connectivity index (χ2n) is 8.74. The van der Waals surface area contributed by atoms with Crippen molar-refractivity contribution in [3.05, 3.63) is 24.2 Å². The quantitative estimate of drug-likeness (QED) is 0.335. The van der Waals surface area contributed by atoms with Crippen LogP contribution in [0, 0.1) is 11.3 Å². The summed E-state index contributed by atoms with van der Waals surface area (Å²) in [5, 5.41) is 14.7. The molecule has 34 heavy (non-hydrogen) atoms. The molecule has 2 aliphatic rings. The van der Waals surface area contributed by atoms with Gasteiger partial charge >= 0.3 is 6.16 Å². The van der Waals surface area contributed by atoms with E-state index < -0.39 is 35.9 Å². The minimum atomic E-state index is -1.58. The lowest BCUT2D eigenvalue weighted by Crippen LogP contribution is -2.40. The highest BCUT2D eigenvalue weighted by Crippen LogP contribution is 2.49. The molecule has 0 radical (unpaired) electrons. The number of aliphatic imine (C=N–C) groups is 1. The second kappa shape index (κ2) is 9.17. The average molecular weight is 473 g/mol. The smallest absolute Gasteiger partial charge is 0.434 e. The Hall–Kier alpha value is -3.27. The predicted octanol–water partition coefficient (Wildman–Crippen LogP) is 2.15. The number of nitrogens with zero attached hydrogens (tertiary/aromatic N) is 6. The van der Waals surface area contributed by atoms with Crippen LogP contribution in [0.2, 0.25) is 0 Å². The summed E-state index contributed by atoms with van der Waals surface area (Å²) >= 11 is 0. The summed E-state index contributed by atoms with van der Waals surface area (Å²) in [6.45, 7) is 5.48. The molecule has 0 N–H and O–H groups in total. The third kappa shape index (κ3) is 4.29. The van der Waals surface area contributed by atoms with Crippen LogP contribution in [0.4, 0.5) is 10.6 Å². The van der Waals surface area contributed by atoms with Crippen LogP contribution in [0.15, 0.2) is 23.5 Å². The van der Waals surface area contributed by atoms with E-state index >= 15 is 0 Å². The minimum Gasteiger partial charge on any atom is -0.434 e. The summed E-state index contributed by atoms with van der Waals surface area (Å²) < 4.78 is 30.2. The van der Waals surface area contributed by atoms with Gasteiger partial charge in [0.1, 0.15) is 42.8 Å². The molecule has 4 atom stereocenters. The Bertz CT molecular complexity index is 1120. The maximum Gasteiger partial charge on any atom is 0.508 e. The van der Waals surface area contributed by atoms with E-state index in [0.717, 1.165) is 0 Å². The fourth-order valence-electron chi connectivity index (χ4n) is 4.08. The minimum absolute atomic E-state index is 0.163. The first-order valence-electron chi connectivity index (χ1n) is 11.0. The zero-order chi connectivity index (χ0) is 24.5. The zero-order valence-electron chi connectivity index (χ0n) is 19.8. The van der Waals surface area contributed by atoms with Gasteiger partial charge in [0.05, 0.1) is 18.6 Å². The van der Waals surface area contributed by atoms with Gasteiger partial charge in [-0.05, 0) is 32.4 Å². The first-order chi connectivity index (χ1) is 16.2. The van der Waals surface area contributed by atoms with E-state index in [1.54, 1.807) is 41.7 Å². The Morgan fingerprint density at radius 1 is 1.32 bits per heavy atom. The van der Waals surface area contributed by atoms with Crippen LogP contribution in [0.3, 0.4) is 0 Å². The van der Waals surface area contributed by atoms with Gasteiger partial charge in [0.15, 0.2) is 11.6 Å². The third-order valence-electron chi connectivity index (χ3n) is 5.41. The van der Waals surface area contributed by atoms with Crippen molar-refractivity contribution in [3.8, 4) is 6.07 Å². The molecule has 4 rings (SSSR count). The van der Waals surface area contributed by atoms with Crippen LogP contribution >= 0.6 is 0 Å². The molecule has 0 aliphatic carbocycles. The van der Waals surface area contributed by atoms with Crippen molar-refractivity contribution >= 4 is 23.8 Å². The number of rotatable bonds is 7. The Kier molecular flexibility index (Phi) is 6.44. The number of carbonyl (C=O) groups is 1. The third-order valence-corrected chi connectivity index (χ3v) is 5.41. The Morgan fingerprint density at radius 2 is 2.12 bits per heavy atom. The van der Waals surface area contributed by atoms with Gasteiger partial charge in [0.2, 0.25) is 5.60 Å². The molecule has 2 aromatic heterocycles. The van der Waals surface area contributed by atoms with Crippen LogP contribution in [-0.4, -0.2) is 83.4 Å². The number of hydrogen-bond acceptors (Lipinski definition) is 10. The van der Waals surface area contributed by atoms with Gasteiger partial charge in [-0.25, -0.2) is 19.3 Å². The maximum absolute atomic E-state index is 11.9. The maximum atomic E-state index is 11.9. The summed E-state index contributed by atoms with van der Waals surface area (Å²) in [4.78, 5) is 22.3. The average Bonchev–Trinajstić information content (AvgIpc) is 3.45. The Labute approximate surface area is 197 Å². The van der Waals surface area contributed by atoms with Gasteiger partial charge in [0.25, 0.3) is 0 Å². The van der Waals surface area contributed by atoms with Crippen LogP contribution < -0.4 is 0 Å². The van der Waals surface area contributed by atoms with E-state index in [-0.39, 0.29) is 13.2 Å². The van der Waals surface area contributed by atoms with E-state index in [2.05, 4.69) is 21.1 Å². The van der Waals surface area contributed by atoms with Gasteiger partial charge in [-0.15, -0.1) is 0 Å². The van der Waals surface area contributed by atoms with E-state index in [1.807, 2.05) is 21.0 Å². The molecule has 182 valence electrons. The second-order valence-corrected chi connectivity index (χ2v) is 8.74. The fraction of sp³-hybridized carbons (Fsp3) is 0.591. The molecule has 0 bridgehead atoms. The SMILES string of the molecule is CCCOC(=O)OC[C@H]1O[C@@](C#N)(c2ccc3c(/N=C\N(C)C)ncnn23)[C@@H]2OC(C)(C)O[C@@H]21. The van der Waals surface area contributed by atoms with Crippen molar-refractivity contribution in [2.45, 2.75) is 56.9 Å². The molecule has 0 unspecified atom stereocenters. The van der Waals surface area contributed by atoms with Crippen molar-refractivity contribution < 1.29 is 28.5 Å². The summed E-state index contributed by atoms with van der Waals surface area (Å²) in [6, 6.07) is 5.77. The molecule has 2 saturated heterocycles. The zero-order valence-corrected chi connectivity index (χ0v) is 19.8. The van der Waals surface area contributed by atoms with Gasteiger partial charge < -0.3 is 28.6 Å². The predicted molar refractivity (Wildman–Crippen MR) is 118 cm³/mol. The number of carbonyl (C=O) groups excluding carboxylic acids is 1. The number of ether oxygens (including phenoxy) is 5. The van der Waals surface area contributed by atoms with E-state index in [1.165, 1.54) is 6.33 Å². The summed E-state index contributed by atoms with van der Waals surface area (Å²) in [5.74, 6) is -0.536. The van der Waals surface area contributed by atoms with E-state index in [4.69, 9.17) is 23.7 Å². The summed E-state index contributed by atoms with van der Waals surface area (Å²) in [7, 11) is 3.70. The van der Waals surface area contributed by atoms with Crippen molar-refractivity contribution in [2.75, 3.05) is 27.3 Å². The molecule has 2 fully saturated rings. The lowest BCUT2D eigenvalue weighted by Gasteiger charge is -2.28. The van der Waals surface area contributed by atoms with Crippen molar-refractivity contribution in [1.82, 2.24) is 19.5 Å². The monoisotopic (exact) mass is 472 g/mol. The van der Waals surface area contributed by atoms with E-state index in [9.17, 15) is 10.1 Å². The van der Waals surface area contributed by atoms with Crippen LogP contribution in [0.5, 0.6) is 0 Å². The van der Waals surface area contributed by atoms with Crippen molar-refractivity contribution in [2.24, 2.45) is 4.99 Å². The Morgan fingerprint density at radius 3 is 2.82 bits per heavy atom. The molecule has 0 saturated carbocycles. The van der Waals surface area contributed by atoms with Gasteiger partial charge in [-0.3, -0.25) is 0 Å². The molecular weight excluding hydrogens is 444 g/mol. The molecule has 4 heterocycles. The van der Waals surface area contributed by atoms with Crippen molar-refractivity contribution in [3.63, 3.8) is 0 Å². The number of fused-ring (bicyclic) bond motifs is 2. The van der Waals surface area contributed by atoms with Crippen LogP contribution in [0.1, 0.15) is 32.9 Å². The lowest BCUT2D eigenvalue weighted by molar-refractivity contribution is -0.205.